The molecule has 1 amide bonds. The van der Waals surface area contributed by atoms with Crippen molar-refractivity contribution in [3.63, 3.8) is 0 Å². The van der Waals surface area contributed by atoms with Crippen molar-refractivity contribution in [2.45, 2.75) is 6.92 Å². The molecule has 0 aliphatic rings. The van der Waals surface area contributed by atoms with Crippen LogP contribution in [0.3, 0.4) is 0 Å². The lowest BCUT2D eigenvalue weighted by Gasteiger charge is -2.13. The number of nitrogens with one attached hydrogen (secondary N) is 2. The van der Waals surface area contributed by atoms with Crippen molar-refractivity contribution in [3.05, 3.63) is 59.8 Å². The lowest BCUT2D eigenvalue weighted by Crippen LogP contribution is -2.14. The summed E-state index contributed by atoms with van der Waals surface area (Å²) in [5.41, 5.74) is 4.63. The van der Waals surface area contributed by atoms with Crippen LogP contribution < -0.4 is 10.2 Å². The zero-order valence-electron chi connectivity index (χ0n) is 13.0. The average Bonchev–Trinajstić information content (AvgIpc) is 2.86. The average molecular weight is 293 g/mol. The van der Waals surface area contributed by atoms with Gasteiger partial charge in [-0.25, -0.2) is 0 Å². The third-order valence-electron chi connectivity index (χ3n) is 3.64. The fourth-order valence-electron chi connectivity index (χ4n) is 2.48. The Morgan fingerprint density at radius 2 is 1.91 bits per heavy atom. The number of aromatic amines is 1. The van der Waals surface area contributed by atoms with Crippen molar-refractivity contribution < 1.29 is 4.79 Å². The van der Waals surface area contributed by atoms with Crippen LogP contribution in [-0.4, -0.2) is 25.0 Å². The van der Waals surface area contributed by atoms with Gasteiger partial charge in [-0.1, -0.05) is 6.07 Å². The largest absolute Gasteiger partial charge is 0.378 e. The Balaban J connectivity index is 1.84. The predicted molar refractivity (Wildman–Crippen MR) is 91.8 cm³/mol. The van der Waals surface area contributed by atoms with Gasteiger partial charge in [0.25, 0.3) is 5.91 Å². The highest BCUT2D eigenvalue weighted by Gasteiger charge is 2.08. The molecule has 1 heterocycles. The molecule has 0 unspecified atom stereocenters. The Kier molecular flexibility index (Phi) is 3.59. The molecule has 4 nitrogen and oxygen atoms in total. The topological polar surface area (TPSA) is 48.1 Å². The van der Waals surface area contributed by atoms with Gasteiger partial charge in [-0.05, 0) is 49.4 Å². The molecule has 2 aromatic carbocycles. The molecular formula is C18H19N3O. The summed E-state index contributed by atoms with van der Waals surface area (Å²) in [5.74, 6) is -0.102. The van der Waals surface area contributed by atoms with E-state index in [9.17, 15) is 4.79 Å². The summed E-state index contributed by atoms with van der Waals surface area (Å²) in [7, 11) is 3.92. The van der Waals surface area contributed by atoms with E-state index in [-0.39, 0.29) is 5.91 Å². The standard InChI is InChI=1S/C18H19N3O/c1-12-9-14-10-15(7-8-17(14)19-12)20-18(22)13-5-4-6-16(11-13)21(2)3/h4-11,19H,1-3H3,(H,20,22). The number of hydrogen-bond donors (Lipinski definition) is 2. The van der Waals surface area contributed by atoms with E-state index >= 15 is 0 Å². The van der Waals surface area contributed by atoms with Gasteiger partial charge in [0.1, 0.15) is 0 Å². The van der Waals surface area contributed by atoms with Gasteiger partial charge < -0.3 is 15.2 Å². The number of carbonyl (C=O) groups is 1. The minimum Gasteiger partial charge on any atom is -0.378 e. The highest BCUT2D eigenvalue weighted by atomic mass is 16.1. The molecule has 0 aliphatic carbocycles. The fourth-order valence-corrected chi connectivity index (χ4v) is 2.48. The number of hydrogen-bond acceptors (Lipinski definition) is 2. The Bertz CT molecular complexity index is 833. The van der Waals surface area contributed by atoms with Crippen LogP contribution in [-0.2, 0) is 0 Å². The number of H-pyrrole nitrogens is 1. The van der Waals surface area contributed by atoms with E-state index in [1.54, 1.807) is 0 Å². The maximum Gasteiger partial charge on any atom is 0.255 e. The SMILES string of the molecule is Cc1cc2cc(NC(=O)c3cccc(N(C)C)c3)ccc2[nH]1. The number of aryl methyl sites for hydroxylation is 1. The first-order valence-electron chi connectivity index (χ1n) is 7.21. The first-order valence-corrected chi connectivity index (χ1v) is 7.21. The van der Waals surface area contributed by atoms with E-state index in [0.717, 1.165) is 28.0 Å². The molecule has 22 heavy (non-hydrogen) atoms. The molecule has 0 aliphatic heterocycles. The van der Waals surface area contributed by atoms with Gasteiger partial charge >= 0.3 is 0 Å². The molecule has 3 rings (SSSR count). The van der Waals surface area contributed by atoms with Gasteiger partial charge in [0.2, 0.25) is 0 Å². The van der Waals surface area contributed by atoms with Crippen molar-refractivity contribution in [1.82, 2.24) is 4.98 Å². The zero-order chi connectivity index (χ0) is 15.7. The van der Waals surface area contributed by atoms with Crippen LogP contribution in [0.4, 0.5) is 11.4 Å². The van der Waals surface area contributed by atoms with Gasteiger partial charge in [-0.15, -0.1) is 0 Å². The fraction of sp³-hybridized carbons (Fsp3) is 0.167. The molecule has 1 aromatic heterocycles. The summed E-state index contributed by atoms with van der Waals surface area (Å²) in [6, 6.07) is 15.5. The number of nitrogens with zero attached hydrogens (tertiary/aromatic N) is 1. The molecule has 0 fully saturated rings. The Hall–Kier alpha value is -2.75. The maximum atomic E-state index is 12.4. The summed E-state index contributed by atoms with van der Waals surface area (Å²) in [5, 5.41) is 4.05. The van der Waals surface area contributed by atoms with E-state index < -0.39 is 0 Å². The quantitative estimate of drug-likeness (QED) is 0.771. The minimum atomic E-state index is -0.102. The summed E-state index contributed by atoms with van der Waals surface area (Å²) in [6.07, 6.45) is 0. The maximum absolute atomic E-state index is 12.4. The van der Waals surface area contributed by atoms with Crippen molar-refractivity contribution in [3.8, 4) is 0 Å². The van der Waals surface area contributed by atoms with E-state index in [1.165, 1.54) is 0 Å². The third-order valence-corrected chi connectivity index (χ3v) is 3.64. The molecule has 0 saturated heterocycles. The van der Waals surface area contributed by atoms with Crippen LogP contribution in [0, 0.1) is 6.92 Å². The summed E-state index contributed by atoms with van der Waals surface area (Å²) in [4.78, 5) is 17.6. The number of benzene rings is 2. The number of anilines is 2. The second kappa shape index (κ2) is 5.56. The highest BCUT2D eigenvalue weighted by Crippen LogP contribution is 2.21. The second-order valence-corrected chi connectivity index (χ2v) is 5.65. The van der Waals surface area contributed by atoms with E-state index in [0.29, 0.717) is 5.56 Å². The van der Waals surface area contributed by atoms with Gasteiger partial charge in [-0.3, -0.25) is 4.79 Å². The Labute approximate surface area is 129 Å². The summed E-state index contributed by atoms with van der Waals surface area (Å²) in [6.45, 7) is 2.02. The van der Waals surface area contributed by atoms with Crippen LogP contribution in [0.2, 0.25) is 0 Å². The first kappa shape index (κ1) is 14.2. The van der Waals surface area contributed by atoms with Crippen LogP contribution in [0.25, 0.3) is 10.9 Å². The molecule has 0 saturated carbocycles. The van der Waals surface area contributed by atoms with Crippen molar-refractivity contribution >= 4 is 28.2 Å². The lowest BCUT2D eigenvalue weighted by molar-refractivity contribution is 0.102. The van der Waals surface area contributed by atoms with Crippen LogP contribution >= 0.6 is 0 Å². The molecule has 4 heteroatoms. The predicted octanol–water partition coefficient (Wildman–Crippen LogP) is 3.79. The number of fused-ring (bicyclic) bond motifs is 1. The van der Waals surface area contributed by atoms with Crippen LogP contribution in [0.5, 0.6) is 0 Å². The molecule has 0 atom stereocenters. The van der Waals surface area contributed by atoms with Crippen molar-refractivity contribution in [1.29, 1.82) is 0 Å². The van der Waals surface area contributed by atoms with E-state index in [1.807, 2.05) is 68.4 Å². The molecule has 2 N–H and O–H groups in total. The number of carbonyl (C=O) groups excluding carboxylic acids is 1. The van der Waals surface area contributed by atoms with Gasteiger partial charge in [-0.2, -0.15) is 0 Å². The van der Waals surface area contributed by atoms with Crippen LogP contribution in [0.1, 0.15) is 16.1 Å². The minimum absolute atomic E-state index is 0.102. The zero-order valence-corrected chi connectivity index (χ0v) is 13.0. The molecule has 0 radical (unpaired) electrons. The second-order valence-electron chi connectivity index (χ2n) is 5.65. The lowest BCUT2D eigenvalue weighted by atomic mass is 10.1. The van der Waals surface area contributed by atoms with Gasteiger partial charge in [0.15, 0.2) is 0 Å². The molecule has 3 aromatic rings. The monoisotopic (exact) mass is 293 g/mol. The molecule has 112 valence electrons. The van der Waals surface area contributed by atoms with E-state index in [4.69, 9.17) is 0 Å². The van der Waals surface area contributed by atoms with E-state index in [2.05, 4.69) is 16.4 Å². The summed E-state index contributed by atoms with van der Waals surface area (Å²) >= 11 is 0. The molecular weight excluding hydrogens is 274 g/mol. The van der Waals surface area contributed by atoms with Crippen LogP contribution in [0.15, 0.2) is 48.5 Å². The van der Waals surface area contributed by atoms with Gasteiger partial charge in [0.05, 0.1) is 0 Å². The third kappa shape index (κ3) is 2.81. The highest BCUT2D eigenvalue weighted by molar-refractivity contribution is 6.05. The first-order chi connectivity index (χ1) is 10.5. The molecule has 0 spiro atoms. The van der Waals surface area contributed by atoms with Crippen molar-refractivity contribution in [2.24, 2.45) is 0 Å². The number of rotatable bonds is 3. The summed E-state index contributed by atoms with van der Waals surface area (Å²) < 4.78 is 0. The number of amides is 1. The normalized spacial score (nSPS) is 10.7. The Morgan fingerprint density at radius 1 is 1.09 bits per heavy atom. The molecule has 0 bridgehead atoms. The number of aromatic nitrogens is 1. The Morgan fingerprint density at radius 3 is 2.68 bits per heavy atom. The van der Waals surface area contributed by atoms with Gasteiger partial charge in [0, 0.05) is 47.6 Å². The smallest absolute Gasteiger partial charge is 0.255 e. The van der Waals surface area contributed by atoms with Crippen molar-refractivity contribution in [2.75, 3.05) is 24.3 Å².